The number of nitrogens with zero attached hydrogens (tertiary/aromatic N) is 1. The Morgan fingerprint density at radius 3 is 2.19 bits per heavy atom. The Labute approximate surface area is 154 Å². The van der Waals surface area contributed by atoms with E-state index in [9.17, 15) is 13.2 Å². The number of hydrogen-bond donors (Lipinski definition) is 1. The van der Waals surface area contributed by atoms with Crippen LogP contribution in [-0.2, 0) is 14.8 Å². The molecule has 0 aliphatic heterocycles. The molecule has 1 amide bonds. The van der Waals surface area contributed by atoms with Gasteiger partial charge in [0.05, 0.1) is 11.9 Å². The van der Waals surface area contributed by atoms with Crippen LogP contribution in [0.5, 0.6) is 11.5 Å². The fourth-order valence-corrected chi connectivity index (χ4v) is 3.67. The molecule has 1 atom stereocenters. The van der Waals surface area contributed by atoms with Crippen molar-refractivity contribution in [2.45, 2.75) is 26.3 Å². The van der Waals surface area contributed by atoms with Gasteiger partial charge in [0.25, 0.3) is 0 Å². The van der Waals surface area contributed by atoms with E-state index in [0.29, 0.717) is 23.7 Å². The lowest BCUT2D eigenvalue weighted by Crippen LogP contribution is -2.48. The van der Waals surface area contributed by atoms with Gasteiger partial charge in [0.2, 0.25) is 15.9 Å². The molecule has 0 heterocycles. The summed E-state index contributed by atoms with van der Waals surface area (Å²) in [5.74, 6) is 0.936. The first kappa shape index (κ1) is 19.8. The summed E-state index contributed by atoms with van der Waals surface area (Å²) in [6.07, 6.45) is 1.87. The second-order valence-corrected chi connectivity index (χ2v) is 7.79. The summed E-state index contributed by atoms with van der Waals surface area (Å²) in [5.41, 5.74) is 0.409. The fourth-order valence-electron chi connectivity index (χ4n) is 2.49. The molecule has 6 nitrogen and oxygen atoms in total. The number of carbonyl (C=O) groups excluding carboxylic acids is 1. The number of rotatable bonds is 8. The number of anilines is 1. The molecule has 0 fully saturated rings. The number of sulfonamides is 1. The van der Waals surface area contributed by atoms with Crippen molar-refractivity contribution in [3.8, 4) is 11.5 Å². The average Bonchev–Trinajstić information content (AvgIpc) is 2.61. The monoisotopic (exact) mass is 376 g/mol. The van der Waals surface area contributed by atoms with Crippen molar-refractivity contribution < 1.29 is 17.9 Å². The summed E-state index contributed by atoms with van der Waals surface area (Å²) in [4.78, 5) is 12.2. The van der Waals surface area contributed by atoms with Crippen molar-refractivity contribution in [3.63, 3.8) is 0 Å². The van der Waals surface area contributed by atoms with Crippen molar-refractivity contribution in [2.24, 2.45) is 0 Å². The minimum Gasteiger partial charge on any atom is -0.457 e. The van der Waals surface area contributed by atoms with E-state index in [1.54, 1.807) is 31.2 Å². The van der Waals surface area contributed by atoms with Crippen LogP contribution in [0, 0.1) is 0 Å². The highest BCUT2D eigenvalue weighted by Gasteiger charge is 2.28. The maximum atomic E-state index is 12.2. The third-order valence-electron chi connectivity index (χ3n) is 3.71. The van der Waals surface area contributed by atoms with Crippen LogP contribution in [0.2, 0.25) is 0 Å². The summed E-state index contributed by atoms with van der Waals surface area (Å²) >= 11 is 0. The van der Waals surface area contributed by atoms with E-state index in [4.69, 9.17) is 4.74 Å². The van der Waals surface area contributed by atoms with Gasteiger partial charge < -0.3 is 10.1 Å². The molecule has 1 N–H and O–H groups in total. The van der Waals surface area contributed by atoms with E-state index < -0.39 is 16.1 Å². The molecule has 0 unspecified atom stereocenters. The van der Waals surface area contributed by atoms with Gasteiger partial charge in [-0.1, -0.05) is 25.1 Å². The zero-order valence-corrected chi connectivity index (χ0v) is 16.0. The van der Waals surface area contributed by atoms with Crippen molar-refractivity contribution >= 4 is 21.6 Å². The molecule has 0 radical (unpaired) electrons. The molecule has 2 aromatic rings. The maximum Gasteiger partial charge on any atom is 0.243 e. The highest BCUT2D eigenvalue weighted by Crippen LogP contribution is 2.26. The van der Waals surface area contributed by atoms with Crippen molar-refractivity contribution in [3.05, 3.63) is 54.6 Å². The average molecular weight is 376 g/mol. The highest BCUT2D eigenvalue weighted by atomic mass is 32.2. The molecule has 0 saturated heterocycles. The van der Waals surface area contributed by atoms with Crippen molar-refractivity contribution in [2.75, 3.05) is 17.1 Å². The Kier molecular flexibility index (Phi) is 6.63. The number of hydrogen-bond acceptors (Lipinski definition) is 4. The lowest BCUT2D eigenvalue weighted by atomic mass is 10.2. The molecule has 0 bridgehead atoms. The van der Waals surface area contributed by atoms with Crippen LogP contribution >= 0.6 is 0 Å². The van der Waals surface area contributed by atoms with Crippen LogP contribution in [0.25, 0.3) is 0 Å². The first-order chi connectivity index (χ1) is 12.3. The third-order valence-corrected chi connectivity index (χ3v) is 4.95. The number of amides is 1. The van der Waals surface area contributed by atoms with Crippen LogP contribution in [-0.4, -0.2) is 33.2 Å². The van der Waals surface area contributed by atoms with E-state index in [0.717, 1.165) is 17.0 Å². The van der Waals surface area contributed by atoms with Crippen LogP contribution in [0.1, 0.15) is 20.3 Å². The van der Waals surface area contributed by atoms with Gasteiger partial charge in [0.15, 0.2) is 0 Å². The van der Waals surface area contributed by atoms with Gasteiger partial charge in [-0.25, -0.2) is 8.42 Å². The SMILES string of the molecule is CCCNC(=O)[C@H](C)N(c1ccc(Oc2ccccc2)cc1)S(C)(=O)=O. The second kappa shape index (κ2) is 8.71. The minimum atomic E-state index is -3.63. The van der Waals surface area contributed by atoms with Crippen LogP contribution < -0.4 is 14.4 Å². The number of benzene rings is 2. The Morgan fingerprint density at radius 1 is 1.08 bits per heavy atom. The second-order valence-electron chi connectivity index (χ2n) is 5.93. The topological polar surface area (TPSA) is 75.7 Å². The molecule has 140 valence electrons. The van der Waals surface area contributed by atoms with Crippen molar-refractivity contribution in [1.82, 2.24) is 5.32 Å². The summed E-state index contributed by atoms with van der Waals surface area (Å²) in [7, 11) is -3.63. The molecule has 0 spiro atoms. The van der Waals surface area contributed by atoms with Gasteiger partial charge >= 0.3 is 0 Å². The molecular formula is C19H24N2O4S. The van der Waals surface area contributed by atoms with Gasteiger partial charge in [-0.3, -0.25) is 9.10 Å². The van der Waals surface area contributed by atoms with Gasteiger partial charge in [-0.2, -0.15) is 0 Å². The fraction of sp³-hybridized carbons (Fsp3) is 0.316. The molecule has 0 aliphatic rings. The van der Waals surface area contributed by atoms with E-state index in [1.807, 2.05) is 37.3 Å². The smallest absolute Gasteiger partial charge is 0.243 e. The third kappa shape index (κ3) is 5.23. The number of para-hydroxylation sites is 1. The zero-order chi connectivity index (χ0) is 19.2. The van der Waals surface area contributed by atoms with E-state index in [2.05, 4.69) is 5.32 Å². The summed E-state index contributed by atoms with van der Waals surface area (Å²) in [6, 6.07) is 15.0. The maximum absolute atomic E-state index is 12.2. The van der Waals surface area contributed by atoms with Gasteiger partial charge in [0, 0.05) is 6.54 Å². The number of carbonyl (C=O) groups is 1. The number of nitrogens with one attached hydrogen (secondary N) is 1. The standard InChI is InChI=1S/C19H24N2O4S/c1-4-14-20-19(22)15(2)21(26(3,23)24)16-10-12-18(13-11-16)25-17-8-6-5-7-9-17/h5-13,15H,4,14H2,1-3H3,(H,20,22)/t15-/m0/s1. The van der Waals surface area contributed by atoms with E-state index in [-0.39, 0.29) is 5.91 Å². The normalized spacial score (nSPS) is 12.3. The molecule has 0 saturated carbocycles. The predicted octanol–water partition coefficient (Wildman–Crippen LogP) is 3.16. The largest absolute Gasteiger partial charge is 0.457 e. The minimum absolute atomic E-state index is 0.332. The van der Waals surface area contributed by atoms with Crippen LogP contribution in [0.15, 0.2) is 54.6 Å². The lowest BCUT2D eigenvalue weighted by Gasteiger charge is -2.28. The van der Waals surface area contributed by atoms with E-state index >= 15 is 0 Å². The molecule has 2 aromatic carbocycles. The molecule has 7 heteroatoms. The van der Waals surface area contributed by atoms with Crippen LogP contribution in [0.4, 0.5) is 5.69 Å². The Morgan fingerprint density at radius 2 is 1.65 bits per heavy atom. The van der Waals surface area contributed by atoms with Gasteiger partial charge in [0.1, 0.15) is 17.5 Å². The first-order valence-corrected chi connectivity index (χ1v) is 10.3. The Hall–Kier alpha value is -2.54. The number of ether oxygens (including phenoxy) is 1. The zero-order valence-electron chi connectivity index (χ0n) is 15.2. The quantitative estimate of drug-likeness (QED) is 0.768. The predicted molar refractivity (Wildman–Crippen MR) is 103 cm³/mol. The first-order valence-electron chi connectivity index (χ1n) is 8.43. The summed E-state index contributed by atoms with van der Waals surface area (Å²) in [6.45, 7) is 4.01. The van der Waals surface area contributed by atoms with Crippen molar-refractivity contribution in [1.29, 1.82) is 0 Å². The molecule has 2 rings (SSSR count). The molecule has 0 aromatic heterocycles. The van der Waals surface area contributed by atoms with E-state index in [1.165, 1.54) is 0 Å². The molecular weight excluding hydrogens is 352 g/mol. The Bertz CT molecular complexity index is 820. The molecule has 0 aliphatic carbocycles. The summed E-state index contributed by atoms with van der Waals surface area (Å²) in [5, 5.41) is 2.73. The Balaban J connectivity index is 2.22. The molecule has 26 heavy (non-hydrogen) atoms. The summed E-state index contributed by atoms with van der Waals surface area (Å²) < 4.78 is 31.3. The van der Waals surface area contributed by atoms with Gasteiger partial charge in [-0.15, -0.1) is 0 Å². The highest BCUT2D eigenvalue weighted by molar-refractivity contribution is 7.92. The van der Waals surface area contributed by atoms with Gasteiger partial charge in [-0.05, 0) is 49.7 Å². The van der Waals surface area contributed by atoms with Crippen LogP contribution in [0.3, 0.4) is 0 Å². The lowest BCUT2D eigenvalue weighted by molar-refractivity contribution is -0.121.